The van der Waals surface area contributed by atoms with Gasteiger partial charge < -0.3 is 21.1 Å². The van der Waals surface area contributed by atoms with Gasteiger partial charge in [-0.25, -0.2) is 4.79 Å². The first-order valence-corrected chi connectivity index (χ1v) is 9.21. The van der Waals surface area contributed by atoms with Crippen molar-refractivity contribution < 1.29 is 19.5 Å². The number of carbonyl (C=O) groups is 3. The minimum atomic E-state index is -0.836. The summed E-state index contributed by atoms with van der Waals surface area (Å²) >= 11 is 0. The number of nitrogens with one attached hydrogen (secondary N) is 3. The number of benzene rings is 2. The van der Waals surface area contributed by atoms with Gasteiger partial charge in [-0.2, -0.15) is 0 Å². The summed E-state index contributed by atoms with van der Waals surface area (Å²) in [6.45, 7) is 1.66. The van der Waals surface area contributed by atoms with Gasteiger partial charge in [0.05, 0.1) is 5.92 Å². The third-order valence-corrected chi connectivity index (χ3v) is 4.47. The lowest BCUT2D eigenvalue weighted by molar-refractivity contribution is -0.141. The Balaban J connectivity index is 1.58. The Morgan fingerprint density at radius 3 is 2.39 bits per heavy atom. The minimum absolute atomic E-state index is 0.257. The number of carbonyl (C=O) groups excluding carboxylic acids is 2. The second-order valence-corrected chi connectivity index (χ2v) is 7.05. The van der Waals surface area contributed by atoms with Gasteiger partial charge >= 0.3 is 12.0 Å². The molecular weight excluding hydrogens is 358 g/mol. The van der Waals surface area contributed by atoms with E-state index >= 15 is 0 Å². The molecule has 7 heteroatoms. The molecule has 28 heavy (non-hydrogen) atoms. The highest BCUT2D eigenvalue weighted by atomic mass is 16.4. The summed E-state index contributed by atoms with van der Waals surface area (Å²) in [7, 11) is 0. The smallest absolute Gasteiger partial charge is 0.319 e. The van der Waals surface area contributed by atoms with E-state index in [0.717, 1.165) is 18.4 Å². The molecule has 1 atom stereocenters. The van der Waals surface area contributed by atoms with Crippen LogP contribution in [0.25, 0.3) is 0 Å². The molecule has 0 spiro atoms. The first kappa shape index (κ1) is 19.4. The highest BCUT2D eigenvalue weighted by Crippen LogP contribution is 2.19. The van der Waals surface area contributed by atoms with Gasteiger partial charge in [0.15, 0.2) is 0 Å². The summed E-state index contributed by atoms with van der Waals surface area (Å²) in [6, 6.07) is 13.8. The van der Waals surface area contributed by atoms with E-state index in [1.54, 1.807) is 55.5 Å². The second kappa shape index (κ2) is 8.56. The molecule has 1 saturated carbocycles. The zero-order valence-corrected chi connectivity index (χ0v) is 15.6. The fraction of sp³-hybridized carbons (Fsp3) is 0.286. The van der Waals surface area contributed by atoms with Gasteiger partial charge in [0.1, 0.15) is 0 Å². The van der Waals surface area contributed by atoms with Gasteiger partial charge in [0, 0.05) is 23.0 Å². The highest BCUT2D eigenvalue weighted by Gasteiger charge is 2.23. The van der Waals surface area contributed by atoms with Crippen molar-refractivity contribution in [2.75, 3.05) is 10.6 Å². The molecule has 0 bridgehead atoms. The van der Waals surface area contributed by atoms with E-state index in [-0.39, 0.29) is 18.0 Å². The van der Waals surface area contributed by atoms with E-state index in [1.807, 2.05) is 0 Å². The molecule has 0 aromatic heterocycles. The van der Waals surface area contributed by atoms with Gasteiger partial charge in [-0.3, -0.25) is 9.59 Å². The van der Waals surface area contributed by atoms with Crippen molar-refractivity contribution in [1.29, 1.82) is 0 Å². The van der Waals surface area contributed by atoms with E-state index in [4.69, 9.17) is 5.11 Å². The number of urea groups is 1. The molecule has 3 rings (SSSR count). The maximum atomic E-state index is 12.5. The van der Waals surface area contributed by atoms with Gasteiger partial charge in [-0.1, -0.05) is 25.1 Å². The van der Waals surface area contributed by atoms with Crippen LogP contribution in [0, 0.1) is 5.92 Å². The van der Waals surface area contributed by atoms with Crippen LogP contribution < -0.4 is 16.0 Å². The number of carboxylic acid groups (broad SMARTS) is 1. The van der Waals surface area contributed by atoms with Crippen molar-refractivity contribution in [2.24, 2.45) is 5.92 Å². The van der Waals surface area contributed by atoms with E-state index in [9.17, 15) is 14.4 Å². The van der Waals surface area contributed by atoms with E-state index in [0.29, 0.717) is 23.4 Å². The van der Waals surface area contributed by atoms with Crippen molar-refractivity contribution in [3.8, 4) is 0 Å². The van der Waals surface area contributed by atoms with E-state index < -0.39 is 11.9 Å². The molecule has 0 saturated heterocycles. The van der Waals surface area contributed by atoms with Crippen molar-refractivity contribution in [3.05, 3.63) is 59.7 Å². The quantitative estimate of drug-likeness (QED) is 0.589. The number of aliphatic carboxylic acids is 1. The third-order valence-electron chi connectivity index (χ3n) is 4.47. The molecule has 1 fully saturated rings. The average Bonchev–Trinajstić information content (AvgIpc) is 3.47. The maximum absolute atomic E-state index is 12.5. The Hall–Kier alpha value is -3.35. The van der Waals surface area contributed by atoms with Crippen LogP contribution in [0.1, 0.15) is 35.7 Å². The molecule has 0 heterocycles. The average molecular weight is 381 g/mol. The summed E-state index contributed by atoms with van der Waals surface area (Å²) in [5, 5.41) is 17.3. The van der Waals surface area contributed by atoms with E-state index in [1.165, 1.54) is 0 Å². The number of hydrogen-bond acceptors (Lipinski definition) is 3. The number of hydrogen-bond donors (Lipinski definition) is 4. The van der Waals surface area contributed by atoms with Crippen molar-refractivity contribution >= 4 is 29.3 Å². The van der Waals surface area contributed by atoms with Crippen LogP contribution in [-0.2, 0) is 11.2 Å². The number of anilines is 2. The standard InChI is InChI=1S/C21H23N3O4/c1-13(20(26)27)11-14-5-7-16(8-6-14)22-19(25)15-3-2-4-18(12-15)24-21(28)23-17-9-10-17/h2-8,12-13,17H,9-11H2,1H3,(H,22,25)(H,26,27)(H2,23,24,28). The maximum Gasteiger partial charge on any atom is 0.319 e. The Bertz CT molecular complexity index is 875. The zero-order chi connectivity index (χ0) is 20.1. The summed E-state index contributed by atoms with van der Waals surface area (Å²) in [5.74, 6) is -1.60. The van der Waals surface area contributed by atoms with Crippen LogP contribution in [0.3, 0.4) is 0 Å². The predicted octanol–water partition coefficient (Wildman–Crippen LogP) is 3.49. The van der Waals surface area contributed by atoms with Crippen molar-refractivity contribution in [1.82, 2.24) is 5.32 Å². The van der Waals surface area contributed by atoms with Crippen LogP contribution in [0.15, 0.2) is 48.5 Å². The van der Waals surface area contributed by atoms with Gasteiger partial charge in [-0.05, 0) is 55.2 Å². The third kappa shape index (κ3) is 5.57. The SMILES string of the molecule is CC(Cc1ccc(NC(=O)c2cccc(NC(=O)NC3CC3)c2)cc1)C(=O)O. The van der Waals surface area contributed by atoms with Crippen LogP contribution in [0.5, 0.6) is 0 Å². The molecule has 7 nitrogen and oxygen atoms in total. The Labute approximate surface area is 163 Å². The Morgan fingerprint density at radius 1 is 1.04 bits per heavy atom. The first-order chi connectivity index (χ1) is 13.4. The Morgan fingerprint density at radius 2 is 1.75 bits per heavy atom. The minimum Gasteiger partial charge on any atom is -0.481 e. The van der Waals surface area contributed by atoms with Gasteiger partial charge in [0.25, 0.3) is 5.91 Å². The lowest BCUT2D eigenvalue weighted by atomic mass is 10.0. The fourth-order valence-corrected chi connectivity index (χ4v) is 2.69. The summed E-state index contributed by atoms with van der Waals surface area (Å²) in [5.41, 5.74) is 2.47. The molecule has 1 aliphatic rings. The molecule has 2 aromatic rings. The lowest BCUT2D eigenvalue weighted by Crippen LogP contribution is -2.30. The van der Waals surface area contributed by atoms with Crippen LogP contribution in [0.2, 0.25) is 0 Å². The molecule has 0 aliphatic heterocycles. The molecular formula is C21H23N3O4. The molecule has 2 aromatic carbocycles. The van der Waals surface area contributed by atoms with Crippen LogP contribution >= 0.6 is 0 Å². The number of amides is 3. The molecule has 3 amide bonds. The van der Waals surface area contributed by atoms with Crippen molar-refractivity contribution in [2.45, 2.75) is 32.2 Å². The fourth-order valence-electron chi connectivity index (χ4n) is 2.69. The number of carboxylic acids is 1. The molecule has 146 valence electrons. The van der Waals surface area contributed by atoms with Crippen molar-refractivity contribution in [3.63, 3.8) is 0 Å². The first-order valence-electron chi connectivity index (χ1n) is 9.21. The number of rotatable bonds is 7. The highest BCUT2D eigenvalue weighted by molar-refractivity contribution is 6.05. The molecule has 1 aliphatic carbocycles. The summed E-state index contributed by atoms with van der Waals surface area (Å²) in [4.78, 5) is 35.2. The largest absolute Gasteiger partial charge is 0.481 e. The molecule has 1 unspecified atom stereocenters. The molecule has 4 N–H and O–H groups in total. The summed E-state index contributed by atoms with van der Waals surface area (Å²) in [6.07, 6.45) is 2.44. The normalized spacial score (nSPS) is 14.0. The molecule has 0 radical (unpaired) electrons. The van der Waals surface area contributed by atoms with Crippen LogP contribution in [0.4, 0.5) is 16.2 Å². The predicted molar refractivity (Wildman–Crippen MR) is 107 cm³/mol. The van der Waals surface area contributed by atoms with Gasteiger partial charge in [-0.15, -0.1) is 0 Å². The lowest BCUT2D eigenvalue weighted by Gasteiger charge is -2.10. The second-order valence-electron chi connectivity index (χ2n) is 7.05. The zero-order valence-electron chi connectivity index (χ0n) is 15.6. The van der Waals surface area contributed by atoms with Gasteiger partial charge in [0.2, 0.25) is 0 Å². The van der Waals surface area contributed by atoms with E-state index in [2.05, 4.69) is 16.0 Å². The Kier molecular flexibility index (Phi) is 5.93. The summed E-state index contributed by atoms with van der Waals surface area (Å²) < 4.78 is 0. The topological polar surface area (TPSA) is 108 Å². The monoisotopic (exact) mass is 381 g/mol. The van der Waals surface area contributed by atoms with Crippen LogP contribution in [-0.4, -0.2) is 29.1 Å².